The SMILES string of the molecule is CCc1ccc(N2C(=O)[C@H]3[C@H](ON(c4ccccc4)[C@@H]3c3ccc(N(C)C)cc3)C2=O)cc1. The van der Waals surface area contributed by atoms with Crippen molar-refractivity contribution in [2.75, 3.05) is 29.0 Å². The summed E-state index contributed by atoms with van der Waals surface area (Å²) in [6.45, 7) is 2.07. The molecule has 0 radical (unpaired) electrons. The molecular weight excluding hydrogens is 414 g/mol. The summed E-state index contributed by atoms with van der Waals surface area (Å²) in [5.41, 5.74) is 4.55. The highest BCUT2D eigenvalue weighted by Gasteiger charge is 2.60. The Balaban J connectivity index is 1.55. The van der Waals surface area contributed by atoms with E-state index < -0.39 is 18.1 Å². The Labute approximate surface area is 193 Å². The summed E-state index contributed by atoms with van der Waals surface area (Å²) >= 11 is 0. The molecule has 3 atom stereocenters. The molecule has 2 heterocycles. The average Bonchev–Trinajstić information content (AvgIpc) is 3.36. The van der Waals surface area contributed by atoms with Crippen LogP contribution in [0, 0.1) is 5.92 Å². The Morgan fingerprint density at radius 3 is 2.09 bits per heavy atom. The number of hydrogen-bond donors (Lipinski definition) is 0. The molecule has 0 bridgehead atoms. The quantitative estimate of drug-likeness (QED) is 0.551. The number of anilines is 3. The van der Waals surface area contributed by atoms with Gasteiger partial charge in [0.05, 0.1) is 17.4 Å². The zero-order valence-electron chi connectivity index (χ0n) is 19.0. The molecule has 5 rings (SSSR count). The molecular formula is C27H27N3O3. The lowest BCUT2D eigenvalue weighted by Crippen LogP contribution is -2.37. The van der Waals surface area contributed by atoms with Crippen molar-refractivity contribution >= 4 is 28.9 Å². The molecule has 2 saturated heterocycles. The van der Waals surface area contributed by atoms with Gasteiger partial charge in [0, 0.05) is 19.8 Å². The van der Waals surface area contributed by atoms with Crippen molar-refractivity contribution in [2.45, 2.75) is 25.5 Å². The van der Waals surface area contributed by atoms with Gasteiger partial charge in [0.2, 0.25) is 5.91 Å². The molecule has 33 heavy (non-hydrogen) atoms. The number of benzene rings is 3. The highest BCUT2D eigenvalue weighted by Crippen LogP contribution is 2.47. The first kappa shape index (κ1) is 21.2. The molecule has 2 amide bonds. The lowest BCUT2D eigenvalue weighted by atomic mass is 9.90. The van der Waals surface area contributed by atoms with Crippen LogP contribution in [0.3, 0.4) is 0 Å². The highest BCUT2D eigenvalue weighted by molar-refractivity contribution is 6.23. The summed E-state index contributed by atoms with van der Waals surface area (Å²) in [4.78, 5) is 36.6. The molecule has 2 fully saturated rings. The van der Waals surface area contributed by atoms with E-state index in [2.05, 4.69) is 6.92 Å². The van der Waals surface area contributed by atoms with Crippen LogP contribution in [0.1, 0.15) is 24.1 Å². The lowest BCUT2D eigenvalue weighted by Gasteiger charge is -2.29. The maximum absolute atomic E-state index is 13.7. The van der Waals surface area contributed by atoms with Gasteiger partial charge in [-0.2, -0.15) is 0 Å². The fraction of sp³-hybridized carbons (Fsp3) is 0.259. The molecule has 0 N–H and O–H groups in total. The van der Waals surface area contributed by atoms with Crippen molar-refractivity contribution < 1.29 is 14.4 Å². The molecule has 0 spiro atoms. The third-order valence-electron chi connectivity index (χ3n) is 6.48. The topological polar surface area (TPSA) is 53.1 Å². The monoisotopic (exact) mass is 441 g/mol. The summed E-state index contributed by atoms with van der Waals surface area (Å²) in [6.07, 6.45) is 0.0372. The first-order valence-corrected chi connectivity index (χ1v) is 11.2. The minimum absolute atomic E-state index is 0.227. The molecule has 3 aromatic carbocycles. The normalized spacial score (nSPS) is 22.1. The largest absolute Gasteiger partial charge is 0.378 e. The molecule has 6 heteroatoms. The van der Waals surface area contributed by atoms with E-state index in [-0.39, 0.29) is 11.8 Å². The number of fused-ring (bicyclic) bond motifs is 1. The van der Waals surface area contributed by atoms with Crippen molar-refractivity contribution in [1.82, 2.24) is 0 Å². The van der Waals surface area contributed by atoms with Gasteiger partial charge in [0.1, 0.15) is 5.92 Å². The van der Waals surface area contributed by atoms with E-state index in [1.165, 1.54) is 4.90 Å². The fourth-order valence-corrected chi connectivity index (χ4v) is 4.66. The van der Waals surface area contributed by atoms with E-state index in [1.54, 1.807) is 5.06 Å². The van der Waals surface area contributed by atoms with Crippen LogP contribution in [-0.4, -0.2) is 32.0 Å². The van der Waals surface area contributed by atoms with E-state index in [0.29, 0.717) is 5.69 Å². The Morgan fingerprint density at radius 1 is 0.818 bits per heavy atom. The third kappa shape index (κ3) is 3.56. The minimum Gasteiger partial charge on any atom is -0.378 e. The number of rotatable bonds is 5. The van der Waals surface area contributed by atoms with Gasteiger partial charge >= 0.3 is 0 Å². The van der Waals surface area contributed by atoms with Crippen LogP contribution in [0.15, 0.2) is 78.9 Å². The number of hydrogen-bond acceptors (Lipinski definition) is 5. The standard InChI is InChI=1S/C27H27N3O3/c1-4-18-10-14-21(15-11-18)29-26(31)23-24(19-12-16-20(17-13-19)28(2)3)30(33-25(23)27(29)32)22-8-6-5-7-9-22/h5-17,23-25H,4H2,1-3H3/t23-,24-,25+/m1/s1. The molecule has 6 nitrogen and oxygen atoms in total. The second-order valence-corrected chi connectivity index (χ2v) is 8.68. The molecule has 0 aliphatic carbocycles. The number of nitrogens with zero attached hydrogens (tertiary/aromatic N) is 3. The second-order valence-electron chi connectivity index (χ2n) is 8.68. The van der Waals surface area contributed by atoms with Gasteiger partial charge in [-0.15, -0.1) is 0 Å². The molecule has 2 aliphatic heterocycles. The minimum atomic E-state index is -0.859. The summed E-state index contributed by atoms with van der Waals surface area (Å²) in [6, 6.07) is 24.9. The number of aryl methyl sites for hydroxylation is 1. The Hall–Kier alpha value is -3.64. The molecule has 168 valence electrons. The Morgan fingerprint density at radius 2 is 1.48 bits per heavy atom. The van der Waals surface area contributed by atoms with Gasteiger partial charge in [-0.1, -0.05) is 49.4 Å². The number of para-hydroxylation sites is 1. The highest BCUT2D eigenvalue weighted by atomic mass is 16.7. The first-order chi connectivity index (χ1) is 16.0. The zero-order valence-corrected chi connectivity index (χ0v) is 19.0. The second kappa shape index (κ2) is 8.37. The van der Waals surface area contributed by atoms with Crippen molar-refractivity contribution in [3.8, 4) is 0 Å². The van der Waals surface area contributed by atoms with Crippen LogP contribution in [-0.2, 0) is 20.8 Å². The maximum Gasteiger partial charge on any atom is 0.266 e. The predicted molar refractivity (Wildman–Crippen MR) is 129 cm³/mol. The molecule has 2 aliphatic rings. The Bertz CT molecular complexity index is 1160. The van der Waals surface area contributed by atoms with Crippen molar-refractivity contribution in [3.63, 3.8) is 0 Å². The van der Waals surface area contributed by atoms with E-state index in [9.17, 15) is 9.59 Å². The Kier molecular flexibility index (Phi) is 5.38. The van der Waals surface area contributed by atoms with Crippen molar-refractivity contribution in [3.05, 3.63) is 90.0 Å². The van der Waals surface area contributed by atoms with Crippen LogP contribution in [0.25, 0.3) is 0 Å². The van der Waals surface area contributed by atoms with Gasteiger partial charge in [0.25, 0.3) is 5.91 Å². The molecule has 0 unspecified atom stereocenters. The van der Waals surface area contributed by atoms with Gasteiger partial charge in [-0.25, -0.2) is 9.96 Å². The number of imide groups is 1. The zero-order chi connectivity index (χ0) is 23.1. The van der Waals surface area contributed by atoms with E-state index in [0.717, 1.165) is 28.9 Å². The van der Waals surface area contributed by atoms with Crippen LogP contribution in [0.4, 0.5) is 17.1 Å². The summed E-state index contributed by atoms with van der Waals surface area (Å²) in [5.74, 6) is -1.18. The van der Waals surface area contributed by atoms with Gasteiger partial charge < -0.3 is 4.90 Å². The summed E-state index contributed by atoms with van der Waals surface area (Å²) < 4.78 is 0. The van der Waals surface area contributed by atoms with Gasteiger partial charge in [0.15, 0.2) is 6.10 Å². The van der Waals surface area contributed by atoms with Gasteiger partial charge in [-0.3, -0.25) is 14.4 Å². The van der Waals surface area contributed by atoms with E-state index in [4.69, 9.17) is 4.84 Å². The third-order valence-corrected chi connectivity index (χ3v) is 6.48. The molecule has 3 aromatic rings. The fourth-order valence-electron chi connectivity index (χ4n) is 4.66. The molecule has 0 saturated carbocycles. The number of carbonyl (C=O) groups is 2. The number of hydroxylamine groups is 1. The van der Waals surface area contributed by atoms with Crippen LogP contribution in [0.5, 0.6) is 0 Å². The van der Waals surface area contributed by atoms with Crippen molar-refractivity contribution in [2.24, 2.45) is 5.92 Å². The number of amides is 2. The smallest absolute Gasteiger partial charge is 0.266 e. The maximum atomic E-state index is 13.7. The van der Waals surface area contributed by atoms with Crippen LogP contribution >= 0.6 is 0 Å². The van der Waals surface area contributed by atoms with Crippen molar-refractivity contribution in [1.29, 1.82) is 0 Å². The van der Waals surface area contributed by atoms with E-state index in [1.807, 2.05) is 97.9 Å². The predicted octanol–water partition coefficient (Wildman–Crippen LogP) is 4.37. The summed E-state index contributed by atoms with van der Waals surface area (Å²) in [5, 5.41) is 1.73. The van der Waals surface area contributed by atoms with Crippen LogP contribution < -0.4 is 14.9 Å². The first-order valence-electron chi connectivity index (χ1n) is 11.2. The summed E-state index contributed by atoms with van der Waals surface area (Å²) in [7, 11) is 3.97. The van der Waals surface area contributed by atoms with Gasteiger partial charge in [-0.05, 0) is 53.9 Å². The average molecular weight is 442 g/mol. The molecule has 0 aromatic heterocycles. The van der Waals surface area contributed by atoms with E-state index >= 15 is 0 Å². The van der Waals surface area contributed by atoms with Crippen LogP contribution in [0.2, 0.25) is 0 Å². The number of carbonyl (C=O) groups excluding carboxylic acids is 2. The lowest BCUT2D eigenvalue weighted by molar-refractivity contribution is -0.126.